The number of fused-ring (bicyclic) bond motifs is 1. The van der Waals surface area contributed by atoms with E-state index in [1.165, 1.54) is 0 Å². The van der Waals surface area contributed by atoms with E-state index in [0.29, 0.717) is 21.4 Å². The molecule has 4 aromatic rings. The Hall–Kier alpha value is -2.82. The largest absolute Gasteiger partial charge is 0.340 e. The fourth-order valence-corrected chi connectivity index (χ4v) is 3.61. The number of aromatic nitrogens is 2. The second-order valence-electron chi connectivity index (χ2n) is 6.58. The molecule has 4 rings (SSSR count). The highest BCUT2D eigenvalue weighted by molar-refractivity contribution is 6.36. The lowest BCUT2D eigenvalue weighted by molar-refractivity contribution is 0.0942. The van der Waals surface area contributed by atoms with Crippen LogP contribution >= 0.6 is 23.2 Å². The third kappa shape index (κ3) is 3.75. The summed E-state index contributed by atoms with van der Waals surface area (Å²) in [6.45, 7) is 2.03. The van der Waals surface area contributed by atoms with Crippen molar-refractivity contribution < 1.29 is 4.79 Å². The molecule has 0 saturated carbocycles. The van der Waals surface area contributed by atoms with Crippen LogP contribution in [0, 0.1) is 6.92 Å². The molecule has 0 fully saturated rings. The van der Waals surface area contributed by atoms with Crippen molar-refractivity contribution >= 4 is 40.1 Å². The summed E-state index contributed by atoms with van der Waals surface area (Å²) < 4.78 is 0. The van der Waals surface area contributed by atoms with Crippen molar-refractivity contribution in [2.24, 2.45) is 0 Å². The molecule has 0 aliphatic heterocycles. The third-order valence-corrected chi connectivity index (χ3v) is 5.06. The average molecular weight is 410 g/mol. The number of halogens is 2. The molecule has 3 aromatic carbocycles. The summed E-state index contributed by atoms with van der Waals surface area (Å²) in [5.41, 5.74) is 4.18. The van der Waals surface area contributed by atoms with Gasteiger partial charge in [-0.15, -0.1) is 0 Å². The van der Waals surface area contributed by atoms with Crippen molar-refractivity contribution in [3.8, 4) is 0 Å². The van der Waals surface area contributed by atoms with E-state index in [2.05, 4.69) is 15.3 Å². The van der Waals surface area contributed by atoms with Gasteiger partial charge in [-0.25, -0.2) is 4.98 Å². The molecule has 1 unspecified atom stereocenters. The molecule has 0 bridgehead atoms. The zero-order valence-electron chi connectivity index (χ0n) is 15.0. The van der Waals surface area contributed by atoms with Crippen LogP contribution < -0.4 is 5.32 Å². The monoisotopic (exact) mass is 409 g/mol. The van der Waals surface area contributed by atoms with Crippen LogP contribution in [0.2, 0.25) is 10.0 Å². The maximum Gasteiger partial charge on any atom is 0.253 e. The van der Waals surface area contributed by atoms with Gasteiger partial charge in [0.2, 0.25) is 0 Å². The normalized spacial score (nSPS) is 12.1. The predicted octanol–water partition coefficient (Wildman–Crippen LogP) is 5.70. The average Bonchev–Trinajstić information content (AvgIpc) is 3.09. The number of aromatic amines is 1. The number of carbonyl (C=O) groups excluding carboxylic acids is 1. The highest BCUT2D eigenvalue weighted by Gasteiger charge is 2.22. The Morgan fingerprint density at radius 2 is 1.82 bits per heavy atom. The summed E-state index contributed by atoms with van der Waals surface area (Å²) in [6.07, 6.45) is 0. The van der Waals surface area contributed by atoms with Crippen molar-refractivity contribution in [2.45, 2.75) is 13.0 Å². The first-order valence-corrected chi connectivity index (χ1v) is 9.54. The number of carbonyl (C=O) groups is 1. The Morgan fingerprint density at radius 3 is 2.57 bits per heavy atom. The Labute approximate surface area is 172 Å². The van der Waals surface area contributed by atoms with Crippen molar-refractivity contribution in [3.63, 3.8) is 0 Å². The van der Waals surface area contributed by atoms with E-state index < -0.39 is 6.04 Å². The molecule has 140 valence electrons. The maximum absolute atomic E-state index is 12.9. The van der Waals surface area contributed by atoms with Crippen LogP contribution in [0.15, 0.2) is 66.7 Å². The molecule has 1 amide bonds. The molecule has 0 saturated heterocycles. The lowest BCUT2D eigenvalue weighted by atomic mass is 10.1. The van der Waals surface area contributed by atoms with Crippen LogP contribution in [0.25, 0.3) is 11.0 Å². The highest BCUT2D eigenvalue weighted by Crippen LogP contribution is 2.26. The fourth-order valence-electron chi connectivity index (χ4n) is 3.12. The number of hydrogen-bond donors (Lipinski definition) is 2. The smallest absolute Gasteiger partial charge is 0.253 e. The summed E-state index contributed by atoms with van der Waals surface area (Å²) in [7, 11) is 0. The number of amides is 1. The Balaban J connectivity index is 1.74. The van der Waals surface area contributed by atoms with Gasteiger partial charge < -0.3 is 10.3 Å². The van der Waals surface area contributed by atoms with Crippen LogP contribution in [0.5, 0.6) is 0 Å². The second kappa shape index (κ2) is 7.66. The number of nitrogens with zero attached hydrogens (tertiary/aromatic N) is 1. The van der Waals surface area contributed by atoms with E-state index in [4.69, 9.17) is 23.2 Å². The Bertz CT molecular complexity index is 1160. The Kier molecular flexibility index (Phi) is 5.07. The van der Waals surface area contributed by atoms with Crippen molar-refractivity contribution in [3.05, 3.63) is 99.3 Å². The SMILES string of the molecule is Cc1ccc2nc(C(NC(=O)c3ccc(Cl)cc3Cl)c3ccccc3)[nH]c2c1. The third-order valence-electron chi connectivity index (χ3n) is 4.51. The van der Waals surface area contributed by atoms with Gasteiger partial charge in [0.05, 0.1) is 21.6 Å². The van der Waals surface area contributed by atoms with Gasteiger partial charge in [-0.3, -0.25) is 4.79 Å². The van der Waals surface area contributed by atoms with E-state index >= 15 is 0 Å². The number of benzene rings is 3. The first-order valence-electron chi connectivity index (χ1n) is 8.78. The molecule has 2 N–H and O–H groups in total. The number of aryl methyl sites for hydroxylation is 1. The van der Waals surface area contributed by atoms with Gasteiger partial charge in [0, 0.05) is 5.02 Å². The molecule has 1 heterocycles. The molecule has 6 heteroatoms. The molecule has 0 radical (unpaired) electrons. The first-order chi connectivity index (χ1) is 13.5. The first kappa shape index (κ1) is 18.5. The summed E-state index contributed by atoms with van der Waals surface area (Å²) in [6, 6.07) is 20.1. The minimum atomic E-state index is -0.451. The number of imidazole rings is 1. The number of rotatable bonds is 4. The second-order valence-corrected chi connectivity index (χ2v) is 7.43. The van der Waals surface area contributed by atoms with E-state index in [1.807, 2.05) is 55.5 Å². The van der Waals surface area contributed by atoms with Crippen molar-refractivity contribution in [1.29, 1.82) is 0 Å². The maximum atomic E-state index is 12.9. The van der Waals surface area contributed by atoms with Crippen molar-refractivity contribution in [1.82, 2.24) is 15.3 Å². The van der Waals surface area contributed by atoms with Crippen LogP contribution in [-0.2, 0) is 0 Å². The zero-order chi connectivity index (χ0) is 19.7. The van der Waals surface area contributed by atoms with Crippen LogP contribution in [-0.4, -0.2) is 15.9 Å². The minimum Gasteiger partial charge on any atom is -0.340 e. The van der Waals surface area contributed by atoms with Crippen LogP contribution in [0.3, 0.4) is 0 Å². The molecular formula is C22H17Cl2N3O. The molecule has 4 nitrogen and oxygen atoms in total. The van der Waals surface area contributed by atoms with Gasteiger partial charge in [0.1, 0.15) is 11.9 Å². The fraction of sp³-hybridized carbons (Fsp3) is 0.0909. The van der Waals surface area contributed by atoms with E-state index in [9.17, 15) is 4.79 Å². The number of H-pyrrole nitrogens is 1. The minimum absolute atomic E-state index is 0.299. The highest BCUT2D eigenvalue weighted by atomic mass is 35.5. The lowest BCUT2D eigenvalue weighted by Crippen LogP contribution is -2.30. The van der Waals surface area contributed by atoms with Crippen LogP contribution in [0.1, 0.15) is 33.4 Å². The quantitative estimate of drug-likeness (QED) is 0.454. The summed E-state index contributed by atoms with van der Waals surface area (Å²) in [5, 5.41) is 3.82. The molecule has 0 aliphatic rings. The molecule has 0 spiro atoms. The van der Waals surface area contributed by atoms with Gasteiger partial charge in [-0.05, 0) is 48.4 Å². The van der Waals surface area contributed by atoms with Gasteiger partial charge in [-0.2, -0.15) is 0 Å². The van der Waals surface area contributed by atoms with Crippen molar-refractivity contribution in [2.75, 3.05) is 0 Å². The molecule has 28 heavy (non-hydrogen) atoms. The van der Waals surface area contributed by atoms with E-state index in [0.717, 1.165) is 22.2 Å². The predicted molar refractivity (Wildman–Crippen MR) is 113 cm³/mol. The molecule has 0 aliphatic carbocycles. The topological polar surface area (TPSA) is 57.8 Å². The summed E-state index contributed by atoms with van der Waals surface area (Å²) >= 11 is 12.2. The van der Waals surface area contributed by atoms with Crippen LogP contribution in [0.4, 0.5) is 0 Å². The molecule has 1 atom stereocenters. The molecule has 1 aromatic heterocycles. The van der Waals surface area contributed by atoms with Gasteiger partial charge in [0.25, 0.3) is 5.91 Å². The van der Waals surface area contributed by atoms with Gasteiger partial charge in [-0.1, -0.05) is 59.6 Å². The van der Waals surface area contributed by atoms with E-state index in [1.54, 1.807) is 18.2 Å². The van der Waals surface area contributed by atoms with Gasteiger partial charge in [0.15, 0.2) is 0 Å². The zero-order valence-corrected chi connectivity index (χ0v) is 16.6. The van der Waals surface area contributed by atoms with Gasteiger partial charge >= 0.3 is 0 Å². The lowest BCUT2D eigenvalue weighted by Gasteiger charge is -2.18. The number of nitrogens with one attached hydrogen (secondary N) is 2. The standard InChI is InChI=1S/C22H17Cl2N3O/c1-13-7-10-18-19(11-13)26-21(25-18)20(14-5-3-2-4-6-14)27-22(28)16-9-8-15(23)12-17(16)24/h2-12,20H,1H3,(H,25,26)(H,27,28). The number of hydrogen-bond acceptors (Lipinski definition) is 2. The Morgan fingerprint density at radius 1 is 1.04 bits per heavy atom. The summed E-state index contributed by atoms with van der Waals surface area (Å²) in [5.74, 6) is 0.359. The summed E-state index contributed by atoms with van der Waals surface area (Å²) in [4.78, 5) is 20.9. The molecular weight excluding hydrogens is 393 g/mol. The van der Waals surface area contributed by atoms with E-state index in [-0.39, 0.29) is 5.91 Å².